The highest BCUT2D eigenvalue weighted by Gasteiger charge is 2.31. The van der Waals surface area contributed by atoms with E-state index in [2.05, 4.69) is 26.2 Å². The number of aromatic nitrogens is 1. The van der Waals surface area contributed by atoms with Crippen molar-refractivity contribution in [3.63, 3.8) is 0 Å². The summed E-state index contributed by atoms with van der Waals surface area (Å²) < 4.78 is 5.81. The van der Waals surface area contributed by atoms with Crippen LogP contribution in [0.25, 0.3) is 11.3 Å². The standard InChI is InChI=1S/C20H26N2O2S/c1-5-6-19-21-16(12-25-19)15-7-8-18-17(11-15)22(10-9-13(2)3)20(23)14(4)24-18/h7-8,11-14H,5-6,9-10H2,1-4H3. The number of hydrogen-bond acceptors (Lipinski definition) is 4. The van der Waals surface area contributed by atoms with Crippen molar-refractivity contribution in [1.82, 2.24) is 4.98 Å². The summed E-state index contributed by atoms with van der Waals surface area (Å²) in [7, 11) is 0. The SMILES string of the molecule is CCCc1nc(-c2ccc3c(c2)N(CCC(C)C)C(=O)C(C)O3)cs1. The quantitative estimate of drug-likeness (QED) is 0.736. The first-order chi connectivity index (χ1) is 12.0. The molecular weight excluding hydrogens is 332 g/mol. The van der Waals surface area contributed by atoms with Crippen LogP contribution in [0.5, 0.6) is 5.75 Å². The molecule has 4 nitrogen and oxygen atoms in total. The molecule has 0 radical (unpaired) electrons. The van der Waals surface area contributed by atoms with Gasteiger partial charge in [-0.25, -0.2) is 4.98 Å². The summed E-state index contributed by atoms with van der Waals surface area (Å²) in [6.45, 7) is 9.06. The molecule has 25 heavy (non-hydrogen) atoms. The molecule has 2 aromatic rings. The minimum Gasteiger partial charge on any atom is -0.479 e. The molecule has 2 heterocycles. The van der Waals surface area contributed by atoms with Gasteiger partial charge in [-0.1, -0.05) is 20.8 Å². The number of carbonyl (C=O) groups is 1. The summed E-state index contributed by atoms with van der Waals surface area (Å²) in [4.78, 5) is 19.2. The van der Waals surface area contributed by atoms with Crippen LogP contribution in [0.3, 0.4) is 0 Å². The number of aryl methyl sites for hydroxylation is 1. The topological polar surface area (TPSA) is 42.4 Å². The molecule has 134 valence electrons. The van der Waals surface area contributed by atoms with Gasteiger partial charge >= 0.3 is 0 Å². The lowest BCUT2D eigenvalue weighted by Gasteiger charge is -2.33. The van der Waals surface area contributed by atoms with Crippen molar-refractivity contribution in [2.75, 3.05) is 11.4 Å². The largest absolute Gasteiger partial charge is 0.479 e. The monoisotopic (exact) mass is 358 g/mol. The van der Waals surface area contributed by atoms with Gasteiger partial charge in [0.2, 0.25) is 0 Å². The summed E-state index contributed by atoms with van der Waals surface area (Å²) in [5, 5.41) is 3.26. The van der Waals surface area contributed by atoms with Crippen LogP contribution in [0.1, 0.15) is 45.5 Å². The van der Waals surface area contributed by atoms with E-state index in [1.807, 2.05) is 30.0 Å². The van der Waals surface area contributed by atoms with Crippen molar-refractivity contribution in [3.8, 4) is 17.0 Å². The Morgan fingerprint density at radius 1 is 1.36 bits per heavy atom. The number of amides is 1. The molecule has 1 amide bonds. The zero-order chi connectivity index (χ0) is 18.0. The Balaban J connectivity index is 1.93. The van der Waals surface area contributed by atoms with Crippen LogP contribution in [0.2, 0.25) is 0 Å². The van der Waals surface area contributed by atoms with E-state index < -0.39 is 6.10 Å². The molecule has 5 heteroatoms. The van der Waals surface area contributed by atoms with Crippen molar-refractivity contribution in [3.05, 3.63) is 28.6 Å². The number of ether oxygens (including phenoxy) is 1. The minimum atomic E-state index is -0.430. The molecule has 0 saturated heterocycles. The number of carbonyl (C=O) groups excluding carboxylic acids is 1. The third-order valence-corrected chi connectivity index (χ3v) is 5.32. The highest BCUT2D eigenvalue weighted by Crippen LogP contribution is 2.38. The van der Waals surface area contributed by atoms with Crippen LogP contribution in [-0.4, -0.2) is 23.5 Å². The zero-order valence-electron chi connectivity index (χ0n) is 15.4. The van der Waals surface area contributed by atoms with Gasteiger partial charge < -0.3 is 9.64 Å². The molecule has 1 unspecified atom stereocenters. The molecule has 1 aromatic heterocycles. The highest BCUT2D eigenvalue weighted by molar-refractivity contribution is 7.09. The molecule has 1 aliphatic heterocycles. The summed E-state index contributed by atoms with van der Waals surface area (Å²) in [6.07, 6.45) is 2.65. The molecule has 0 bridgehead atoms. The summed E-state index contributed by atoms with van der Waals surface area (Å²) in [5.74, 6) is 1.37. The van der Waals surface area contributed by atoms with Crippen LogP contribution >= 0.6 is 11.3 Å². The smallest absolute Gasteiger partial charge is 0.267 e. The first kappa shape index (κ1) is 17.9. The van der Waals surface area contributed by atoms with Gasteiger partial charge in [-0.15, -0.1) is 11.3 Å². The zero-order valence-corrected chi connectivity index (χ0v) is 16.2. The lowest BCUT2D eigenvalue weighted by molar-refractivity contribution is -0.125. The molecule has 1 aliphatic rings. The van der Waals surface area contributed by atoms with E-state index in [1.54, 1.807) is 11.3 Å². The van der Waals surface area contributed by atoms with Gasteiger partial charge in [0, 0.05) is 17.5 Å². The fraction of sp³-hybridized carbons (Fsp3) is 0.500. The Morgan fingerprint density at radius 3 is 2.88 bits per heavy atom. The molecule has 1 aromatic carbocycles. The number of rotatable bonds is 6. The Labute approximate surface area is 153 Å². The molecule has 0 spiro atoms. The predicted octanol–water partition coefficient (Wildman–Crippen LogP) is 4.92. The summed E-state index contributed by atoms with van der Waals surface area (Å²) in [6, 6.07) is 6.05. The third kappa shape index (κ3) is 3.87. The lowest BCUT2D eigenvalue weighted by Crippen LogP contribution is -2.45. The van der Waals surface area contributed by atoms with E-state index in [1.165, 1.54) is 0 Å². The van der Waals surface area contributed by atoms with Crippen molar-refractivity contribution in [2.24, 2.45) is 5.92 Å². The summed E-state index contributed by atoms with van der Waals surface area (Å²) in [5.41, 5.74) is 2.88. The van der Waals surface area contributed by atoms with Crippen LogP contribution in [0.4, 0.5) is 5.69 Å². The molecule has 3 rings (SSSR count). The average Bonchev–Trinajstić information content (AvgIpc) is 3.04. The van der Waals surface area contributed by atoms with Gasteiger partial charge in [-0.2, -0.15) is 0 Å². The second-order valence-corrected chi connectivity index (χ2v) is 7.93. The number of fused-ring (bicyclic) bond motifs is 1. The van der Waals surface area contributed by atoms with Gasteiger partial charge in [-0.05, 0) is 50.3 Å². The van der Waals surface area contributed by atoms with Crippen LogP contribution in [0.15, 0.2) is 23.6 Å². The molecular formula is C20H26N2O2S. The van der Waals surface area contributed by atoms with E-state index in [-0.39, 0.29) is 5.91 Å². The number of hydrogen-bond donors (Lipinski definition) is 0. The van der Waals surface area contributed by atoms with Crippen molar-refractivity contribution in [1.29, 1.82) is 0 Å². The molecule has 0 N–H and O–H groups in total. The Kier molecular flexibility index (Phi) is 5.42. The molecule has 0 saturated carbocycles. The van der Waals surface area contributed by atoms with E-state index in [0.29, 0.717) is 5.92 Å². The van der Waals surface area contributed by atoms with Crippen LogP contribution < -0.4 is 9.64 Å². The molecule has 0 aliphatic carbocycles. The fourth-order valence-corrected chi connectivity index (χ4v) is 3.87. The minimum absolute atomic E-state index is 0.0373. The van der Waals surface area contributed by atoms with Crippen LogP contribution in [-0.2, 0) is 11.2 Å². The maximum Gasteiger partial charge on any atom is 0.267 e. The van der Waals surface area contributed by atoms with E-state index in [9.17, 15) is 4.79 Å². The van der Waals surface area contributed by atoms with Crippen molar-refractivity contribution in [2.45, 2.75) is 53.1 Å². The fourth-order valence-electron chi connectivity index (χ4n) is 2.96. The van der Waals surface area contributed by atoms with Gasteiger partial charge in [0.25, 0.3) is 5.91 Å². The Morgan fingerprint density at radius 2 is 2.16 bits per heavy atom. The number of nitrogens with zero attached hydrogens (tertiary/aromatic N) is 2. The molecule has 1 atom stereocenters. The van der Waals surface area contributed by atoms with Gasteiger partial charge in [0.05, 0.1) is 16.4 Å². The van der Waals surface area contributed by atoms with E-state index in [0.717, 1.165) is 53.5 Å². The highest BCUT2D eigenvalue weighted by atomic mass is 32.1. The Hall–Kier alpha value is -1.88. The number of benzene rings is 1. The average molecular weight is 359 g/mol. The number of anilines is 1. The van der Waals surface area contributed by atoms with E-state index in [4.69, 9.17) is 9.72 Å². The van der Waals surface area contributed by atoms with Gasteiger partial charge in [0.1, 0.15) is 5.75 Å². The number of thiazole rings is 1. The van der Waals surface area contributed by atoms with Crippen molar-refractivity contribution >= 4 is 22.9 Å². The normalized spacial score (nSPS) is 16.9. The lowest BCUT2D eigenvalue weighted by atomic mass is 10.1. The Bertz CT molecular complexity index is 754. The molecule has 0 fully saturated rings. The van der Waals surface area contributed by atoms with Gasteiger partial charge in [-0.3, -0.25) is 4.79 Å². The van der Waals surface area contributed by atoms with Gasteiger partial charge in [0.15, 0.2) is 6.10 Å². The second kappa shape index (κ2) is 7.56. The summed E-state index contributed by atoms with van der Waals surface area (Å²) >= 11 is 1.70. The first-order valence-electron chi connectivity index (χ1n) is 9.06. The maximum atomic E-state index is 12.6. The predicted molar refractivity (Wildman–Crippen MR) is 103 cm³/mol. The third-order valence-electron chi connectivity index (χ3n) is 4.41. The van der Waals surface area contributed by atoms with E-state index >= 15 is 0 Å². The maximum absolute atomic E-state index is 12.6. The van der Waals surface area contributed by atoms with Crippen molar-refractivity contribution < 1.29 is 9.53 Å². The first-order valence-corrected chi connectivity index (χ1v) is 9.94. The second-order valence-electron chi connectivity index (χ2n) is 6.99. The van der Waals surface area contributed by atoms with Crippen LogP contribution in [0, 0.1) is 5.92 Å².